The molecule has 0 saturated heterocycles. The molecule has 114 valence electrons. The van der Waals surface area contributed by atoms with E-state index in [9.17, 15) is 14.9 Å². The van der Waals surface area contributed by atoms with Crippen molar-refractivity contribution in [3.63, 3.8) is 0 Å². The number of ether oxygens (including phenoxy) is 1. The Balaban J connectivity index is 2.01. The highest BCUT2D eigenvalue weighted by Gasteiger charge is 2.42. The first kappa shape index (κ1) is 15.7. The van der Waals surface area contributed by atoms with E-state index < -0.39 is 4.92 Å². The Morgan fingerprint density at radius 3 is 2.81 bits per heavy atom. The lowest BCUT2D eigenvalue weighted by Crippen LogP contribution is -2.31. The van der Waals surface area contributed by atoms with Crippen LogP contribution in [0.3, 0.4) is 0 Å². The molecule has 1 saturated carbocycles. The SMILES string of the molecule is COCCC1(CNC(=O)c2cccc([N+](=O)[O-])c2Cl)CC1. The molecule has 1 fully saturated rings. The van der Waals surface area contributed by atoms with Gasteiger partial charge in [0.25, 0.3) is 11.6 Å². The average Bonchev–Trinajstić information content (AvgIpc) is 3.23. The number of methoxy groups -OCH3 is 1. The van der Waals surface area contributed by atoms with E-state index in [0.29, 0.717) is 13.2 Å². The Morgan fingerprint density at radius 1 is 1.52 bits per heavy atom. The summed E-state index contributed by atoms with van der Waals surface area (Å²) < 4.78 is 5.06. The van der Waals surface area contributed by atoms with Gasteiger partial charge < -0.3 is 10.1 Å². The Kier molecular flexibility index (Phi) is 4.80. The average molecular weight is 313 g/mol. The zero-order valence-corrected chi connectivity index (χ0v) is 12.5. The van der Waals surface area contributed by atoms with Crippen LogP contribution in [-0.2, 0) is 4.74 Å². The van der Waals surface area contributed by atoms with Gasteiger partial charge in [0.1, 0.15) is 5.02 Å². The van der Waals surface area contributed by atoms with Crippen molar-refractivity contribution >= 4 is 23.2 Å². The summed E-state index contributed by atoms with van der Waals surface area (Å²) >= 11 is 5.93. The monoisotopic (exact) mass is 312 g/mol. The van der Waals surface area contributed by atoms with Crippen molar-refractivity contribution in [2.24, 2.45) is 5.41 Å². The quantitative estimate of drug-likeness (QED) is 0.620. The van der Waals surface area contributed by atoms with Crippen LogP contribution in [0.5, 0.6) is 0 Å². The third kappa shape index (κ3) is 3.71. The van der Waals surface area contributed by atoms with E-state index in [2.05, 4.69) is 5.32 Å². The zero-order chi connectivity index (χ0) is 15.5. The third-order valence-electron chi connectivity index (χ3n) is 3.84. The first-order chi connectivity index (χ1) is 9.99. The highest BCUT2D eigenvalue weighted by atomic mass is 35.5. The van der Waals surface area contributed by atoms with E-state index >= 15 is 0 Å². The lowest BCUT2D eigenvalue weighted by Gasteiger charge is -2.15. The number of nitrogens with zero attached hydrogens (tertiary/aromatic N) is 1. The number of carbonyl (C=O) groups excluding carboxylic acids is 1. The second-order valence-electron chi connectivity index (χ2n) is 5.32. The van der Waals surface area contributed by atoms with Gasteiger partial charge in [0.05, 0.1) is 10.5 Å². The lowest BCUT2D eigenvalue weighted by atomic mass is 10.0. The molecular weight excluding hydrogens is 296 g/mol. The zero-order valence-electron chi connectivity index (χ0n) is 11.7. The molecule has 0 aliphatic heterocycles. The van der Waals surface area contributed by atoms with Crippen molar-refractivity contribution in [2.75, 3.05) is 20.3 Å². The molecule has 0 unspecified atom stereocenters. The fraction of sp³-hybridized carbons (Fsp3) is 0.500. The van der Waals surface area contributed by atoms with Crippen molar-refractivity contribution in [1.82, 2.24) is 5.32 Å². The summed E-state index contributed by atoms with van der Waals surface area (Å²) in [5.41, 5.74) is -0.0166. The second-order valence-corrected chi connectivity index (χ2v) is 5.70. The molecule has 0 heterocycles. The van der Waals surface area contributed by atoms with Gasteiger partial charge in [-0.3, -0.25) is 14.9 Å². The molecule has 1 aliphatic carbocycles. The molecule has 1 N–H and O–H groups in total. The van der Waals surface area contributed by atoms with Crippen molar-refractivity contribution in [1.29, 1.82) is 0 Å². The summed E-state index contributed by atoms with van der Waals surface area (Å²) in [5.74, 6) is -0.382. The fourth-order valence-corrected chi connectivity index (χ4v) is 2.49. The molecule has 1 aromatic carbocycles. The van der Waals surface area contributed by atoms with Gasteiger partial charge in [-0.2, -0.15) is 0 Å². The summed E-state index contributed by atoms with van der Waals surface area (Å²) in [6.07, 6.45) is 3.01. The maximum atomic E-state index is 12.1. The van der Waals surface area contributed by atoms with Crippen molar-refractivity contribution < 1.29 is 14.5 Å². The van der Waals surface area contributed by atoms with E-state index in [1.807, 2.05) is 0 Å². The molecule has 6 nitrogen and oxygen atoms in total. The number of halogens is 1. The van der Waals surface area contributed by atoms with Crippen LogP contribution in [0.2, 0.25) is 5.02 Å². The van der Waals surface area contributed by atoms with Crippen LogP contribution >= 0.6 is 11.6 Å². The van der Waals surface area contributed by atoms with Gasteiger partial charge in [-0.1, -0.05) is 17.7 Å². The number of hydrogen-bond acceptors (Lipinski definition) is 4. The molecule has 0 aromatic heterocycles. The molecular formula is C14H17ClN2O4. The number of carbonyl (C=O) groups is 1. The van der Waals surface area contributed by atoms with Crippen molar-refractivity contribution in [3.8, 4) is 0 Å². The van der Waals surface area contributed by atoms with Crippen LogP contribution in [-0.4, -0.2) is 31.1 Å². The van der Waals surface area contributed by atoms with Crippen LogP contribution in [0.25, 0.3) is 0 Å². The standard InChI is InChI=1S/C14H17ClN2O4/c1-21-8-7-14(5-6-14)9-16-13(18)10-3-2-4-11(12(10)15)17(19)20/h2-4H,5-9H2,1H3,(H,16,18). The number of nitro benzene ring substituents is 1. The molecule has 0 radical (unpaired) electrons. The van der Waals surface area contributed by atoms with E-state index in [-0.39, 0.29) is 27.6 Å². The smallest absolute Gasteiger partial charge is 0.288 e. The van der Waals surface area contributed by atoms with E-state index in [1.165, 1.54) is 18.2 Å². The van der Waals surface area contributed by atoms with Gasteiger partial charge in [-0.25, -0.2) is 0 Å². The molecule has 1 aromatic rings. The largest absolute Gasteiger partial charge is 0.385 e. The Morgan fingerprint density at radius 2 is 2.24 bits per heavy atom. The van der Waals surface area contributed by atoms with Crippen LogP contribution in [0, 0.1) is 15.5 Å². The minimum absolute atomic E-state index is 0.110. The Hall–Kier alpha value is -1.66. The Bertz CT molecular complexity index is 558. The van der Waals surface area contributed by atoms with Gasteiger partial charge in [-0.05, 0) is 30.7 Å². The lowest BCUT2D eigenvalue weighted by molar-refractivity contribution is -0.384. The predicted octanol–water partition coefficient (Wildman–Crippen LogP) is 2.79. The van der Waals surface area contributed by atoms with E-state index in [0.717, 1.165) is 19.3 Å². The summed E-state index contributed by atoms with van der Waals surface area (Å²) in [5, 5.41) is 13.5. The van der Waals surface area contributed by atoms with Gasteiger partial charge in [0, 0.05) is 26.3 Å². The molecule has 2 rings (SSSR count). The van der Waals surface area contributed by atoms with E-state index in [4.69, 9.17) is 16.3 Å². The van der Waals surface area contributed by atoms with Gasteiger partial charge in [0.2, 0.25) is 0 Å². The van der Waals surface area contributed by atoms with Gasteiger partial charge in [0.15, 0.2) is 0 Å². The van der Waals surface area contributed by atoms with Crippen LogP contribution in [0.15, 0.2) is 18.2 Å². The minimum Gasteiger partial charge on any atom is -0.385 e. The molecule has 1 amide bonds. The maximum absolute atomic E-state index is 12.1. The summed E-state index contributed by atoms with van der Waals surface area (Å²) in [7, 11) is 1.65. The van der Waals surface area contributed by atoms with Crippen LogP contribution in [0.4, 0.5) is 5.69 Å². The number of nitrogens with one attached hydrogen (secondary N) is 1. The van der Waals surface area contributed by atoms with Gasteiger partial charge >= 0.3 is 0 Å². The van der Waals surface area contributed by atoms with Crippen molar-refractivity contribution in [2.45, 2.75) is 19.3 Å². The first-order valence-electron chi connectivity index (χ1n) is 6.69. The second kappa shape index (κ2) is 6.41. The summed E-state index contributed by atoms with van der Waals surface area (Å²) in [6.45, 7) is 1.20. The van der Waals surface area contributed by atoms with Crippen molar-refractivity contribution in [3.05, 3.63) is 38.9 Å². The maximum Gasteiger partial charge on any atom is 0.288 e. The number of hydrogen-bond donors (Lipinski definition) is 1. The highest BCUT2D eigenvalue weighted by molar-refractivity contribution is 6.35. The molecule has 0 spiro atoms. The number of amides is 1. The third-order valence-corrected chi connectivity index (χ3v) is 4.23. The van der Waals surface area contributed by atoms with Crippen LogP contribution in [0.1, 0.15) is 29.6 Å². The molecule has 0 atom stereocenters. The van der Waals surface area contributed by atoms with E-state index in [1.54, 1.807) is 7.11 Å². The number of benzene rings is 1. The molecule has 0 bridgehead atoms. The normalized spacial score (nSPS) is 15.5. The number of rotatable bonds is 7. The first-order valence-corrected chi connectivity index (χ1v) is 7.07. The highest BCUT2D eigenvalue weighted by Crippen LogP contribution is 2.48. The molecule has 21 heavy (non-hydrogen) atoms. The predicted molar refractivity (Wildman–Crippen MR) is 78.6 cm³/mol. The summed E-state index contributed by atoms with van der Waals surface area (Å²) in [6, 6.07) is 4.22. The molecule has 1 aliphatic rings. The van der Waals surface area contributed by atoms with Crippen LogP contribution < -0.4 is 5.32 Å². The topological polar surface area (TPSA) is 81.5 Å². The summed E-state index contributed by atoms with van der Waals surface area (Å²) in [4.78, 5) is 22.4. The molecule has 7 heteroatoms. The number of nitro groups is 1. The minimum atomic E-state index is -0.597. The Labute approximate surface area is 127 Å². The van der Waals surface area contributed by atoms with Gasteiger partial charge in [-0.15, -0.1) is 0 Å². The fourth-order valence-electron chi connectivity index (χ4n) is 2.21.